The van der Waals surface area contributed by atoms with Crippen molar-refractivity contribution in [2.75, 3.05) is 33.4 Å². The van der Waals surface area contributed by atoms with Crippen LogP contribution in [0, 0.1) is 17.8 Å². The second-order valence-corrected chi connectivity index (χ2v) is 13.1. The molecule has 40 heavy (non-hydrogen) atoms. The van der Waals surface area contributed by atoms with Crippen LogP contribution in [0.1, 0.15) is 52.4 Å². The molecule has 2 heterocycles. The molecular formula is C29H42N2O8S. The van der Waals surface area contributed by atoms with Crippen LogP contribution in [0.3, 0.4) is 0 Å². The molecule has 1 fully saturated rings. The van der Waals surface area contributed by atoms with E-state index in [2.05, 4.69) is 0 Å². The van der Waals surface area contributed by atoms with E-state index < -0.39 is 28.3 Å². The summed E-state index contributed by atoms with van der Waals surface area (Å²) < 4.78 is 51.0. The van der Waals surface area contributed by atoms with Crippen LogP contribution in [0.15, 0.2) is 52.3 Å². The zero-order chi connectivity index (χ0) is 28.9. The number of nitrogens with two attached hydrogens (primary N) is 1. The van der Waals surface area contributed by atoms with Gasteiger partial charge >= 0.3 is 6.09 Å². The summed E-state index contributed by atoms with van der Waals surface area (Å²) in [6.07, 6.45) is 4.19. The minimum atomic E-state index is -3.99. The number of carbonyl (C=O) groups excluding carboxylic acids is 1. The van der Waals surface area contributed by atoms with Gasteiger partial charge < -0.3 is 29.8 Å². The number of methoxy groups -OCH3 is 1. The summed E-state index contributed by atoms with van der Waals surface area (Å²) >= 11 is 0. The first-order valence-corrected chi connectivity index (χ1v) is 15.5. The van der Waals surface area contributed by atoms with Crippen molar-refractivity contribution in [1.82, 2.24) is 4.31 Å². The molecule has 11 heteroatoms. The number of nitrogens with zero attached hydrogens (tertiary/aromatic N) is 1. The number of hydrogen-bond acceptors (Lipinski definition) is 8. The lowest BCUT2D eigenvalue weighted by Gasteiger charge is -2.40. The highest BCUT2D eigenvalue weighted by atomic mass is 32.2. The number of ether oxygens (including phenoxy) is 4. The SMILES string of the molecule is COc1ccc(S(=O)(=O)N(CC(C)C)C[C@@H](O)[C@@H](OC(N)=O)C(C2=CCOC3=C2CCO3)C2CCCCC2)cc1. The molecule has 3 atom stereocenters. The van der Waals surface area contributed by atoms with Crippen LogP contribution in [-0.2, 0) is 24.2 Å². The van der Waals surface area contributed by atoms with E-state index >= 15 is 0 Å². The third kappa shape index (κ3) is 6.92. The molecule has 0 saturated heterocycles. The molecule has 1 aliphatic carbocycles. The quantitative estimate of drug-likeness (QED) is 0.380. The molecule has 1 saturated carbocycles. The van der Waals surface area contributed by atoms with Gasteiger partial charge in [-0.1, -0.05) is 33.1 Å². The topological polar surface area (TPSA) is 138 Å². The van der Waals surface area contributed by atoms with Gasteiger partial charge in [-0.15, -0.1) is 0 Å². The Bertz CT molecular complexity index is 1190. The number of aliphatic hydroxyl groups excluding tert-OH is 1. The van der Waals surface area contributed by atoms with Crippen LogP contribution in [0.4, 0.5) is 4.79 Å². The third-order valence-corrected chi connectivity index (χ3v) is 9.70. The monoisotopic (exact) mass is 578 g/mol. The first kappa shape index (κ1) is 30.2. The largest absolute Gasteiger partial charge is 0.497 e. The number of rotatable bonds is 12. The van der Waals surface area contributed by atoms with Gasteiger partial charge in [0.1, 0.15) is 24.6 Å². The highest BCUT2D eigenvalue weighted by molar-refractivity contribution is 7.89. The molecule has 0 bridgehead atoms. The first-order valence-electron chi connectivity index (χ1n) is 14.1. The average molecular weight is 579 g/mol. The summed E-state index contributed by atoms with van der Waals surface area (Å²) in [6.45, 7) is 4.52. The van der Waals surface area contributed by atoms with Crippen molar-refractivity contribution in [2.24, 2.45) is 23.5 Å². The second kappa shape index (κ2) is 13.3. The highest BCUT2D eigenvalue weighted by Crippen LogP contribution is 2.44. The molecule has 10 nitrogen and oxygen atoms in total. The molecule has 3 N–H and O–H groups in total. The molecule has 1 aromatic rings. The number of benzene rings is 1. The Kier molecular flexibility index (Phi) is 10.0. The minimum Gasteiger partial charge on any atom is -0.497 e. The Hall–Kier alpha value is -2.76. The van der Waals surface area contributed by atoms with Gasteiger partial charge in [0.15, 0.2) is 0 Å². The Morgan fingerprint density at radius 1 is 1.12 bits per heavy atom. The van der Waals surface area contributed by atoms with Gasteiger partial charge in [0.2, 0.25) is 10.0 Å². The normalized spacial score (nSPS) is 20.3. The predicted molar refractivity (Wildman–Crippen MR) is 149 cm³/mol. The van der Waals surface area contributed by atoms with E-state index in [0.717, 1.165) is 43.3 Å². The summed E-state index contributed by atoms with van der Waals surface area (Å²) in [5.41, 5.74) is 7.40. The fourth-order valence-corrected chi connectivity index (χ4v) is 7.72. The smallest absolute Gasteiger partial charge is 0.404 e. The Morgan fingerprint density at radius 3 is 2.45 bits per heavy atom. The van der Waals surface area contributed by atoms with Gasteiger partial charge in [0, 0.05) is 31.0 Å². The molecule has 222 valence electrons. The number of amides is 1. The summed E-state index contributed by atoms with van der Waals surface area (Å²) in [4.78, 5) is 12.3. The van der Waals surface area contributed by atoms with Gasteiger partial charge in [-0.05, 0) is 60.6 Å². The summed E-state index contributed by atoms with van der Waals surface area (Å²) in [5.74, 6) is 0.723. The van der Waals surface area contributed by atoms with Gasteiger partial charge in [0.25, 0.3) is 5.95 Å². The van der Waals surface area contributed by atoms with E-state index in [-0.39, 0.29) is 35.7 Å². The van der Waals surface area contributed by atoms with Crippen LogP contribution in [0.5, 0.6) is 5.75 Å². The van der Waals surface area contributed by atoms with E-state index in [9.17, 15) is 18.3 Å². The standard InChI is InChI=1S/C29H42N2O8S/c1-19(2)17-31(40(34,35)22-11-9-21(36-3)10-12-22)18-25(32)27(39-29(30)33)26(20-7-5-4-6-8-20)23-13-15-37-28-24(23)14-16-38-28/h9-13,19-20,25-27,32H,4-8,14-18H2,1-3H3,(H2,30,33)/t25-,26?,27-/m1/s1. The first-order chi connectivity index (χ1) is 19.1. The summed E-state index contributed by atoms with van der Waals surface area (Å²) in [6, 6.07) is 6.14. The van der Waals surface area contributed by atoms with Crippen molar-refractivity contribution >= 4 is 16.1 Å². The zero-order valence-electron chi connectivity index (χ0n) is 23.6. The van der Waals surface area contributed by atoms with Crippen LogP contribution in [0.2, 0.25) is 0 Å². The Morgan fingerprint density at radius 2 is 1.82 bits per heavy atom. The van der Waals surface area contributed by atoms with Crippen LogP contribution in [-0.4, -0.2) is 69.5 Å². The predicted octanol–water partition coefficient (Wildman–Crippen LogP) is 3.95. The number of carbonyl (C=O) groups is 1. The zero-order valence-corrected chi connectivity index (χ0v) is 24.4. The molecule has 1 aromatic carbocycles. The lowest BCUT2D eigenvalue weighted by atomic mass is 9.70. The average Bonchev–Trinajstić information content (AvgIpc) is 3.42. The summed E-state index contributed by atoms with van der Waals surface area (Å²) in [5, 5.41) is 11.7. The van der Waals surface area contributed by atoms with Crippen LogP contribution in [0.25, 0.3) is 0 Å². The number of aliphatic hydroxyl groups is 1. The van der Waals surface area contributed by atoms with Crippen molar-refractivity contribution in [2.45, 2.75) is 69.5 Å². The van der Waals surface area contributed by atoms with Crippen molar-refractivity contribution in [3.8, 4) is 5.75 Å². The van der Waals surface area contributed by atoms with Crippen LogP contribution >= 0.6 is 0 Å². The van der Waals surface area contributed by atoms with Crippen molar-refractivity contribution < 1.29 is 37.3 Å². The van der Waals surface area contributed by atoms with Gasteiger partial charge in [-0.2, -0.15) is 4.31 Å². The maximum atomic E-state index is 13.8. The van der Waals surface area contributed by atoms with E-state index in [0.29, 0.717) is 31.3 Å². The molecular weight excluding hydrogens is 536 g/mol. The van der Waals surface area contributed by atoms with E-state index in [1.54, 1.807) is 12.1 Å². The lowest BCUT2D eigenvalue weighted by Crippen LogP contribution is -2.50. The Balaban J connectivity index is 1.69. The fraction of sp³-hybridized carbons (Fsp3) is 0.621. The molecule has 1 amide bonds. The maximum Gasteiger partial charge on any atom is 0.404 e. The van der Waals surface area contributed by atoms with E-state index in [1.165, 1.54) is 23.5 Å². The highest BCUT2D eigenvalue weighted by Gasteiger charge is 2.44. The lowest BCUT2D eigenvalue weighted by molar-refractivity contribution is -0.0416. The summed E-state index contributed by atoms with van der Waals surface area (Å²) in [7, 11) is -2.47. The van der Waals surface area contributed by atoms with Gasteiger partial charge in [-0.3, -0.25) is 0 Å². The number of sulfonamides is 1. The third-order valence-electron chi connectivity index (χ3n) is 7.86. The molecule has 0 spiro atoms. The number of hydrogen-bond donors (Lipinski definition) is 2. The molecule has 0 radical (unpaired) electrons. The molecule has 2 aliphatic heterocycles. The van der Waals surface area contributed by atoms with Crippen molar-refractivity contribution in [3.05, 3.63) is 47.4 Å². The van der Waals surface area contributed by atoms with E-state index in [1.807, 2.05) is 19.9 Å². The minimum absolute atomic E-state index is 0.0218. The Labute approximate surface area is 237 Å². The van der Waals surface area contributed by atoms with Crippen molar-refractivity contribution in [1.29, 1.82) is 0 Å². The second-order valence-electron chi connectivity index (χ2n) is 11.1. The molecule has 0 aromatic heterocycles. The maximum absolute atomic E-state index is 13.8. The number of primary amides is 1. The van der Waals surface area contributed by atoms with E-state index in [4.69, 9.17) is 24.7 Å². The van der Waals surface area contributed by atoms with Gasteiger partial charge in [-0.25, -0.2) is 13.2 Å². The fourth-order valence-electron chi connectivity index (χ4n) is 6.10. The molecule has 3 aliphatic rings. The molecule has 4 rings (SSSR count). The van der Waals surface area contributed by atoms with Crippen molar-refractivity contribution in [3.63, 3.8) is 0 Å². The van der Waals surface area contributed by atoms with Crippen LogP contribution < -0.4 is 10.5 Å². The molecule has 1 unspecified atom stereocenters. The van der Waals surface area contributed by atoms with Gasteiger partial charge in [0.05, 0.1) is 18.6 Å².